The highest BCUT2D eigenvalue weighted by molar-refractivity contribution is 4.48. The van der Waals surface area contributed by atoms with E-state index in [9.17, 15) is 0 Å². The van der Waals surface area contributed by atoms with E-state index in [4.69, 9.17) is 10.8 Å². The molecule has 17 heavy (non-hydrogen) atoms. The summed E-state index contributed by atoms with van der Waals surface area (Å²) >= 11 is 0. The topological polar surface area (TPSA) is 46.2 Å². The summed E-state index contributed by atoms with van der Waals surface area (Å²) in [5.74, 6) is 0. The van der Waals surface area contributed by atoms with Gasteiger partial charge in [-0.05, 0) is 13.0 Å². The molecule has 0 aliphatic rings. The van der Waals surface area contributed by atoms with Crippen LogP contribution in [-0.2, 0) is 0 Å². The molecule has 0 aliphatic carbocycles. The van der Waals surface area contributed by atoms with Crippen molar-refractivity contribution in [3.8, 4) is 0 Å². The van der Waals surface area contributed by atoms with Crippen molar-refractivity contribution in [1.29, 1.82) is 0 Å². The van der Waals surface area contributed by atoms with Crippen LogP contribution in [0.15, 0.2) is 0 Å². The van der Waals surface area contributed by atoms with Gasteiger partial charge in [-0.3, -0.25) is 0 Å². The standard InChI is InChI=1S/C14H31N.CH4O/c1-2-3-4-5-6-7-8-9-10-11-12-13-14-15;1-2/h2-15H2,1H3;2H,1H3. The number of nitrogens with two attached hydrogens (primary N) is 1. The molecule has 3 N–H and O–H groups in total. The molecule has 2 heteroatoms. The fourth-order valence-corrected chi connectivity index (χ4v) is 1.99. The highest BCUT2D eigenvalue weighted by Gasteiger charge is 1.92. The van der Waals surface area contributed by atoms with Gasteiger partial charge in [0.05, 0.1) is 0 Å². The summed E-state index contributed by atoms with van der Waals surface area (Å²) < 4.78 is 0. The lowest BCUT2D eigenvalue weighted by Crippen LogP contribution is -1.97. The Balaban J connectivity index is 0. The molecule has 0 aromatic carbocycles. The maximum absolute atomic E-state index is 7.00. The molecule has 0 fully saturated rings. The van der Waals surface area contributed by atoms with Crippen LogP contribution in [0.4, 0.5) is 0 Å². The third kappa shape index (κ3) is 21.7. The van der Waals surface area contributed by atoms with Crippen LogP contribution in [-0.4, -0.2) is 18.8 Å². The zero-order valence-electron chi connectivity index (χ0n) is 12.2. The van der Waals surface area contributed by atoms with E-state index < -0.39 is 0 Å². The monoisotopic (exact) mass is 245 g/mol. The number of rotatable bonds is 12. The molecule has 0 spiro atoms. The van der Waals surface area contributed by atoms with Crippen LogP contribution in [0, 0.1) is 0 Å². The van der Waals surface area contributed by atoms with Gasteiger partial charge in [-0.1, -0.05) is 77.6 Å². The van der Waals surface area contributed by atoms with Crippen LogP contribution in [0.2, 0.25) is 0 Å². The van der Waals surface area contributed by atoms with E-state index in [1.807, 2.05) is 0 Å². The van der Waals surface area contributed by atoms with E-state index >= 15 is 0 Å². The van der Waals surface area contributed by atoms with Crippen LogP contribution in [0.25, 0.3) is 0 Å². The van der Waals surface area contributed by atoms with Gasteiger partial charge in [0.2, 0.25) is 0 Å². The number of aliphatic hydroxyl groups excluding tert-OH is 1. The molecule has 0 aromatic heterocycles. The van der Waals surface area contributed by atoms with Crippen molar-refractivity contribution < 1.29 is 5.11 Å². The van der Waals surface area contributed by atoms with Gasteiger partial charge in [-0.2, -0.15) is 0 Å². The van der Waals surface area contributed by atoms with Crippen molar-refractivity contribution in [2.24, 2.45) is 5.73 Å². The lowest BCUT2D eigenvalue weighted by atomic mass is 10.1. The molecule has 0 aromatic rings. The average molecular weight is 245 g/mol. The quantitative estimate of drug-likeness (QED) is 0.505. The molecule has 0 rings (SSSR count). The first-order valence-electron chi connectivity index (χ1n) is 7.56. The second kappa shape index (κ2) is 21.2. The zero-order chi connectivity index (χ0) is 13.2. The number of hydrogen-bond acceptors (Lipinski definition) is 2. The molecule has 0 aliphatic heterocycles. The number of unbranched alkanes of at least 4 members (excludes halogenated alkanes) is 11. The first-order chi connectivity index (χ1) is 8.41. The molecule has 0 heterocycles. The molecule has 0 bridgehead atoms. The lowest BCUT2D eigenvalue weighted by Gasteiger charge is -2.01. The molecule has 106 valence electrons. The van der Waals surface area contributed by atoms with Crippen molar-refractivity contribution in [3.05, 3.63) is 0 Å². The first-order valence-corrected chi connectivity index (χ1v) is 7.56. The van der Waals surface area contributed by atoms with E-state index in [1.165, 1.54) is 77.0 Å². The summed E-state index contributed by atoms with van der Waals surface area (Å²) in [4.78, 5) is 0. The highest BCUT2D eigenvalue weighted by atomic mass is 16.2. The number of hydrogen-bond donors (Lipinski definition) is 2. The average Bonchev–Trinajstić information content (AvgIpc) is 2.38. The Morgan fingerprint density at radius 1 is 0.588 bits per heavy atom. The van der Waals surface area contributed by atoms with Crippen molar-refractivity contribution in [1.82, 2.24) is 0 Å². The van der Waals surface area contributed by atoms with Crippen LogP contribution < -0.4 is 5.73 Å². The Morgan fingerprint density at radius 2 is 0.882 bits per heavy atom. The van der Waals surface area contributed by atoms with Gasteiger partial charge in [-0.15, -0.1) is 0 Å². The second-order valence-corrected chi connectivity index (χ2v) is 4.68. The van der Waals surface area contributed by atoms with Gasteiger partial charge in [0, 0.05) is 7.11 Å². The summed E-state index contributed by atoms with van der Waals surface area (Å²) in [6.45, 7) is 3.15. The SMILES string of the molecule is CCCCCCCCCCCCCCN.CO. The van der Waals surface area contributed by atoms with Crippen LogP contribution in [0.5, 0.6) is 0 Å². The van der Waals surface area contributed by atoms with Crippen molar-refractivity contribution in [2.75, 3.05) is 13.7 Å². The van der Waals surface area contributed by atoms with Gasteiger partial charge in [0.25, 0.3) is 0 Å². The predicted octanol–water partition coefficient (Wildman–Crippen LogP) is 4.25. The van der Waals surface area contributed by atoms with Gasteiger partial charge < -0.3 is 10.8 Å². The Kier molecular flexibility index (Phi) is 24.1. The predicted molar refractivity (Wildman–Crippen MR) is 78.3 cm³/mol. The second-order valence-electron chi connectivity index (χ2n) is 4.68. The Morgan fingerprint density at radius 3 is 1.18 bits per heavy atom. The van der Waals surface area contributed by atoms with Gasteiger partial charge in [0.1, 0.15) is 0 Å². The first kappa shape index (κ1) is 19.3. The van der Waals surface area contributed by atoms with Crippen molar-refractivity contribution in [2.45, 2.75) is 84.0 Å². The third-order valence-electron chi connectivity index (χ3n) is 3.06. The number of aliphatic hydroxyl groups is 1. The molecule has 0 saturated carbocycles. The molecule has 2 nitrogen and oxygen atoms in total. The van der Waals surface area contributed by atoms with Gasteiger partial charge >= 0.3 is 0 Å². The van der Waals surface area contributed by atoms with E-state index in [0.29, 0.717) is 0 Å². The van der Waals surface area contributed by atoms with E-state index in [-0.39, 0.29) is 0 Å². The summed E-state index contributed by atoms with van der Waals surface area (Å²) in [7, 11) is 1.00. The van der Waals surface area contributed by atoms with E-state index in [0.717, 1.165) is 13.7 Å². The molecule has 0 amide bonds. The minimum absolute atomic E-state index is 0.872. The lowest BCUT2D eigenvalue weighted by molar-refractivity contribution is 0.399. The summed E-state index contributed by atoms with van der Waals surface area (Å²) in [6.07, 6.45) is 16.9. The third-order valence-corrected chi connectivity index (χ3v) is 3.06. The van der Waals surface area contributed by atoms with E-state index in [2.05, 4.69) is 6.92 Å². The molecule has 0 unspecified atom stereocenters. The van der Waals surface area contributed by atoms with Crippen molar-refractivity contribution in [3.63, 3.8) is 0 Å². The van der Waals surface area contributed by atoms with Crippen molar-refractivity contribution >= 4 is 0 Å². The normalized spacial score (nSPS) is 9.88. The smallest absolute Gasteiger partial charge is 0.0319 e. The summed E-state index contributed by atoms with van der Waals surface area (Å²) in [5.41, 5.74) is 5.45. The largest absolute Gasteiger partial charge is 0.400 e. The van der Waals surface area contributed by atoms with Crippen LogP contribution in [0.3, 0.4) is 0 Å². The van der Waals surface area contributed by atoms with Crippen LogP contribution >= 0.6 is 0 Å². The van der Waals surface area contributed by atoms with Gasteiger partial charge in [0.15, 0.2) is 0 Å². The van der Waals surface area contributed by atoms with Gasteiger partial charge in [-0.25, -0.2) is 0 Å². The fourth-order valence-electron chi connectivity index (χ4n) is 1.99. The minimum Gasteiger partial charge on any atom is -0.400 e. The molecule has 0 saturated heterocycles. The Bertz CT molecular complexity index is 95.1. The summed E-state index contributed by atoms with van der Waals surface area (Å²) in [5, 5.41) is 7.00. The minimum atomic E-state index is 0.872. The highest BCUT2D eigenvalue weighted by Crippen LogP contribution is 2.11. The fraction of sp³-hybridized carbons (Fsp3) is 1.00. The molecule has 0 atom stereocenters. The summed E-state index contributed by atoms with van der Waals surface area (Å²) in [6, 6.07) is 0. The Hall–Kier alpha value is -0.0800. The molecular weight excluding hydrogens is 210 g/mol. The maximum atomic E-state index is 7.00. The Labute approximate surface area is 109 Å². The molecule has 0 radical (unpaired) electrons. The van der Waals surface area contributed by atoms with E-state index in [1.54, 1.807) is 0 Å². The molecular formula is C15H35NO. The maximum Gasteiger partial charge on any atom is 0.0319 e. The zero-order valence-corrected chi connectivity index (χ0v) is 12.2. The van der Waals surface area contributed by atoms with Crippen LogP contribution in [0.1, 0.15) is 84.0 Å².